The van der Waals surface area contributed by atoms with Gasteiger partial charge in [0.15, 0.2) is 18.9 Å². The van der Waals surface area contributed by atoms with Gasteiger partial charge in [-0.1, -0.05) is 0 Å². The highest BCUT2D eigenvalue weighted by Gasteiger charge is 2.63. The maximum Gasteiger partial charge on any atom is 0.233 e. The molecule has 4 aliphatic heterocycles. The topological polar surface area (TPSA) is 332 Å². The number of hydrogen-bond acceptors (Lipinski definition) is 18. The van der Waals surface area contributed by atoms with Gasteiger partial charge >= 0.3 is 0 Å². The molecule has 0 aromatic rings. The average molecular weight is 599 g/mol. The third-order valence-corrected chi connectivity index (χ3v) is 8.06. The molecule has 0 aliphatic carbocycles. The van der Waals surface area contributed by atoms with Crippen molar-refractivity contribution in [1.29, 1.82) is 0 Å². The van der Waals surface area contributed by atoms with Gasteiger partial charge in [0.1, 0.15) is 54.4 Å². The molecule has 0 spiro atoms. The zero-order valence-corrected chi connectivity index (χ0v) is 21.7. The molecule has 19 heteroatoms. The SMILES string of the molecule is N[C@H]1[C@H](OC2[C@H](O)[C@@H](N)[C@@H](OC3[C@@H](CO)O[C@@H](O)[C@H](N)[C@H]3O)O[C@@]2(CO)C2CC(=O)NC2=O)O[C@H](CO)[C@@H](O)[C@@H]1O. The fourth-order valence-electron chi connectivity index (χ4n) is 5.59. The van der Waals surface area contributed by atoms with Crippen molar-refractivity contribution in [2.45, 2.75) is 97.8 Å². The Morgan fingerprint density at radius 3 is 2.00 bits per heavy atom. The average Bonchev–Trinajstić information content (AvgIpc) is 3.30. The molecule has 19 nitrogen and oxygen atoms in total. The Bertz CT molecular complexity index is 947. The van der Waals surface area contributed by atoms with Crippen molar-refractivity contribution < 1.29 is 74.1 Å². The summed E-state index contributed by atoms with van der Waals surface area (Å²) in [6.07, 6.45) is -18.4. The first-order valence-corrected chi connectivity index (χ1v) is 12.9. The van der Waals surface area contributed by atoms with Crippen LogP contribution < -0.4 is 22.5 Å². The molecule has 0 saturated carbocycles. The predicted molar refractivity (Wildman–Crippen MR) is 127 cm³/mol. The Morgan fingerprint density at radius 2 is 1.44 bits per heavy atom. The Balaban J connectivity index is 1.68. The van der Waals surface area contributed by atoms with Crippen molar-refractivity contribution >= 4 is 11.8 Å². The third-order valence-electron chi connectivity index (χ3n) is 8.06. The summed E-state index contributed by atoms with van der Waals surface area (Å²) in [4.78, 5) is 25.0. The molecule has 16 atom stereocenters. The van der Waals surface area contributed by atoms with Crippen molar-refractivity contribution in [1.82, 2.24) is 5.32 Å². The summed E-state index contributed by atoms with van der Waals surface area (Å²) in [6, 6.07) is -4.43. The zero-order chi connectivity index (χ0) is 30.4. The Hall–Kier alpha value is -1.50. The van der Waals surface area contributed by atoms with E-state index < -0.39 is 135 Å². The summed E-state index contributed by atoms with van der Waals surface area (Å²) in [7, 11) is 0. The van der Waals surface area contributed by atoms with E-state index in [9.17, 15) is 50.4 Å². The van der Waals surface area contributed by atoms with Crippen LogP contribution in [-0.4, -0.2) is 164 Å². The van der Waals surface area contributed by atoms with Gasteiger partial charge in [-0.2, -0.15) is 0 Å². The van der Waals surface area contributed by atoms with E-state index in [1.807, 2.05) is 0 Å². The van der Waals surface area contributed by atoms with Crippen LogP contribution in [0.5, 0.6) is 0 Å². The van der Waals surface area contributed by atoms with Crippen LogP contribution in [0.3, 0.4) is 0 Å². The molecule has 4 fully saturated rings. The minimum atomic E-state index is -2.30. The van der Waals surface area contributed by atoms with Gasteiger partial charge in [0, 0.05) is 6.42 Å². The molecule has 236 valence electrons. The van der Waals surface area contributed by atoms with Crippen LogP contribution in [0.4, 0.5) is 0 Å². The van der Waals surface area contributed by atoms with Crippen molar-refractivity contribution in [2.24, 2.45) is 23.1 Å². The minimum absolute atomic E-state index is 0.530. The number of rotatable bonds is 8. The lowest BCUT2D eigenvalue weighted by Gasteiger charge is -2.54. The van der Waals surface area contributed by atoms with Gasteiger partial charge in [-0.25, -0.2) is 0 Å². The molecule has 4 heterocycles. The molecule has 4 aliphatic rings. The molecule has 0 bridgehead atoms. The molecular formula is C22H38N4O15. The number of aliphatic hydroxyl groups excluding tert-OH is 8. The Kier molecular flexibility index (Phi) is 9.98. The fraction of sp³-hybridized carbons (Fsp3) is 0.909. The summed E-state index contributed by atoms with van der Waals surface area (Å²) in [5.41, 5.74) is 15.6. The predicted octanol–water partition coefficient (Wildman–Crippen LogP) is -8.64. The number of hydrogen-bond donors (Lipinski definition) is 12. The first-order chi connectivity index (χ1) is 19.3. The van der Waals surface area contributed by atoms with Crippen LogP contribution in [0.1, 0.15) is 6.42 Å². The van der Waals surface area contributed by atoms with E-state index in [2.05, 4.69) is 5.32 Å². The smallest absolute Gasteiger partial charge is 0.233 e. The first-order valence-electron chi connectivity index (χ1n) is 12.9. The number of imide groups is 1. The van der Waals surface area contributed by atoms with E-state index in [0.717, 1.165) is 0 Å². The fourth-order valence-corrected chi connectivity index (χ4v) is 5.59. The molecular weight excluding hydrogens is 560 g/mol. The molecule has 0 radical (unpaired) electrons. The van der Waals surface area contributed by atoms with Gasteiger partial charge in [-0.3, -0.25) is 14.9 Å². The van der Waals surface area contributed by atoms with Crippen LogP contribution in [0.15, 0.2) is 0 Å². The van der Waals surface area contributed by atoms with Gasteiger partial charge in [0.2, 0.25) is 11.8 Å². The summed E-state index contributed by atoms with van der Waals surface area (Å²) >= 11 is 0. The number of carbonyl (C=O) groups is 2. The molecule has 2 amide bonds. The lowest BCUT2D eigenvalue weighted by atomic mass is 9.75. The maximum atomic E-state index is 12.8. The Labute approximate surface area is 232 Å². The molecule has 0 aromatic carbocycles. The van der Waals surface area contributed by atoms with Crippen LogP contribution in [0, 0.1) is 5.92 Å². The summed E-state index contributed by atoms with van der Waals surface area (Å²) in [5.74, 6) is -3.15. The lowest BCUT2D eigenvalue weighted by molar-refractivity contribution is -0.378. The number of carbonyl (C=O) groups excluding carboxylic acids is 2. The van der Waals surface area contributed by atoms with E-state index in [1.165, 1.54) is 0 Å². The summed E-state index contributed by atoms with van der Waals surface area (Å²) < 4.78 is 28.3. The molecule has 4 saturated heterocycles. The largest absolute Gasteiger partial charge is 0.394 e. The molecule has 0 aromatic heterocycles. The molecule has 4 rings (SSSR count). The van der Waals surface area contributed by atoms with E-state index in [-0.39, 0.29) is 0 Å². The second-order valence-corrected chi connectivity index (χ2v) is 10.6. The van der Waals surface area contributed by atoms with Gasteiger partial charge in [0.05, 0.1) is 43.9 Å². The van der Waals surface area contributed by atoms with E-state index >= 15 is 0 Å². The van der Waals surface area contributed by atoms with E-state index in [4.69, 9.17) is 40.9 Å². The second-order valence-electron chi connectivity index (χ2n) is 10.6. The van der Waals surface area contributed by atoms with Crippen LogP contribution >= 0.6 is 0 Å². The number of nitrogens with two attached hydrogens (primary N) is 3. The van der Waals surface area contributed by atoms with Crippen molar-refractivity contribution in [3.8, 4) is 0 Å². The standard InChI is InChI=1S/C22H38N4O15/c23-9-14(33)16(7(3-28)37-19(9)36)39-21-11(25)15(34)17(22(4-29,41-21)5-1-8(30)26-18(5)35)40-20-10(24)13(32)12(31)6(2-27)38-20/h5-7,9-17,19-21,27-29,31-34,36H,1-4,23-25H2,(H,26,30,35)/t5?,6-,7-,9-,10-,11-,12-,13-,14-,15-,16?,17?,19-,20+,21+,22+/m1/s1. The first kappa shape index (κ1) is 32.4. The number of aliphatic hydroxyl groups is 8. The highest BCUT2D eigenvalue weighted by atomic mass is 16.7. The second kappa shape index (κ2) is 12.6. The van der Waals surface area contributed by atoms with E-state index in [0.29, 0.717) is 0 Å². The van der Waals surface area contributed by atoms with Crippen molar-refractivity contribution in [2.75, 3.05) is 19.8 Å². The molecule has 15 N–H and O–H groups in total. The normalized spacial score (nSPS) is 51.0. The van der Waals surface area contributed by atoms with Crippen molar-refractivity contribution in [3.05, 3.63) is 0 Å². The Morgan fingerprint density at radius 1 is 0.805 bits per heavy atom. The number of amides is 2. The van der Waals surface area contributed by atoms with Gasteiger partial charge < -0.3 is 81.7 Å². The highest BCUT2D eigenvalue weighted by molar-refractivity contribution is 6.04. The monoisotopic (exact) mass is 598 g/mol. The van der Waals surface area contributed by atoms with Crippen LogP contribution in [0.2, 0.25) is 0 Å². The zero-order valence-electron chi connectivity index (χ0n) is 21.7. The molecule has 3 unspecified atom stereocenters. The van der Waals surface area contributed by atoms with Crippen LogP contribution in [0.25, 0.3) is 0 Å². The van der Waals surface area contributed by atoms with Gasteiger partial charge in [-0.15, -0.1) is 0 Å². The van der Waals surface area contributed by atoms with Gasteiger partial charge in [0.25, 0.3) is 0 Å². The third kappa shape index (κ3) is 5.74. The minimum Gasteiger partial charge on any atom is -0.394 e. The number of nitrogens with one attached hydrogen (secondary N) is 1. The number of ether oxygens (including phenoxy) is 5. The highest BCUT2D eigenvalue weighted by Crippen LogP contribution is 2.42. The summed E-state index contributed by atoms with van der Waals surface area (Å²) in [5, 5.41) is 84.3. The van der Waals surface area contributed by atoms with Crippen LogP contribution in [-0.2, 0) is 33.3 Å². The summed E-state index contributed by atoms with van der Waals surface area (Å²) in [6.45, 7) is -2.61. The quantitative estimate of drug-likeness (QED) is 0.115. The van der Waals surface area contributed by atoms with Crippen molar-refractivity contribution in [3.63, 3.8) is 0 Å². The van der Waals surface area contributed by atoms with Gasteiger partial charge in [-0.05, 0) is 0 Å². The maximum absolute atomic E-state index is 12.8. The van der Waals surface area contributed by atoms with E-state index in [1.54, 1.807) is 0 Å². The molecule has 41 heavy (non-hydrogen) atoms. The lowest BCUT2D eigenvalue weighted by Crippen LogP contribution is -2.75.